The Morgan fingerprint density at radius 2 is 2.04 bits per heavy atom. The molecule has 0 amide bonds. The van der Waals surface area contributed by atoms with Crippen molar-refractivity contribution in [2.45, 2.75) is 25.7 Å². The van der Waals surface area contributed by atoms with Crippen molar-refractivity contribution in [3.05, 3.63) is 64.5 Å². The van der Waals surface area contributed by atoms with Crippen LogP contribution in [0, 0.1) is 6.92 Å². The quantitative estimate of drug-likeness (QED) is 0.556. The van der Waals surface area contributed by atoms with E-state index in [1.165, 1.54) is 5.56 Å². The second kappa shape index (κ2) is 6.32. The standard InChI is InChI=1S/C21H20N4O2/c1-13-11-25-12-17(10-23-21(25)24-13)18-8-16-3-2-15(9-19(16)27-20(18)26)14-4-6-22-7-5-14/h2-3,8-12,14,22H,4-7H2,1H3. The Morgan fingerprint density at radius 3 is 2.89 bits per heavy atom. The zero-order valence-electron chi connectivity index (χ0n) is 15.1. The predicted molar refractivity (Wildman–Crippen MR) is 104 cm³/mol. The molecular formula is C21H20N4O2. The third kappa shape index (κ3) is 2.92. The van der Waals surface area contributed by atoms with Crippen molar-refractivity contribution in [3.8, 4) is 11.1 Å². The second-order valence-electron chi connectivity index (χ2n) is 7.20. The van der Waals surface area contributed by atoms with Crippen LogP contribution in [0.25, 0.3) is 27.9 Å². The van der Waals surface area contributed by atoms with E-state index in [-0.39, 0.29) is 5.63 Å². The van der Waals surface area contributed by atoms with E-state index in [2.05, 4.69) is 21.4 Å². The highest BCUT2D eigenvalue weighted by Gasteiger charge is 2.17. The lowest BCUT2D eigenvalue weighted by atomic mass is 9.90. The van der Waals surface area contributed by atoms with E-state index in [0.717, 1.165) is 42.6 Å². The molecule has 0 radical (unpaired) electrons. The Hall–Kier alpha value is -2.99. The highest BCUT2D eigenvalue weighted by molar-refractivity contribution is 5.82. The number of piperidine rings is 1. The first kappa shape index (κ1) is 16.2. The van der Waals surface area contributed by atoms with Crippen LogP contribution in [-0.2, 0) is 0 Å². The molecule has 1 aromatic carbocycles. The van der Waals surface area contributed by atoms with Crippen LogP contribution >= 0.6 is 0 Å². The lowest BCUT2D eigenvalue weighted by Crippen LogP contribution is -2.26. The molecule has 0 aliphatic carbocycles. The number of nitrogens with zero attached hydrogens (tertiary/aromatic N) is 3. The summed E-state index contributed by atoms with van der Waals surface area (Å²) >= 11 is 0. The van der Waals surface area contributed by atoms with Crippen molar-refractivity contribution in [2.24, 2.45) is 0 Å². The average molecular weight is 360 g/mol. The fraction of sp³-hybridized carbons (Fsp3) is 0.286. The molecule has 1 aliphatic heterocycles. The van der Waals surface area contributed by atoms with Crippen molar-refractivity contribution in [2.75, 3.05) is 13.1 Å². The molecule has 4 heterocycles. The SMILES string of the molecule is Cc1cn2cc(-c3cc4ccc(C5CCNCC5)cc4oc3=O)cnc2n1. The van der Waals surface area contributed by atoms with E-state index < -0.39 is 0 Å². The molecule has 136 valence electrons. The summed E-state index contributed by atoms with van der Waals surface area (Å²) in [6.07, 6.45) is 7.65. The lowest BCUT2D eigenvalue weighted by molar-refractivity contribution is 0.460. The van der Waals surface area contributed by atoms with Gasteiger partial charge in [0.05, 0.1) is 11.3 Å². The number of hydrogen-bond acceptors (Lipinski definition) is 5. The molecule has 0 spiro atoms. The van der Waals surface area contributed by atoms with Crippen LogP contribution in [0.4, 0.5) is 0 Å². The average Bonchev–Trinajstić information content (AvgIpc) is 3.07. The molecule has 1 fully saturated rings. The first-order valence-corrected chi connectivity index (χ1v) is 9.28. The Bertz CT molecular complexity index is 1200. The summed E-state index contributed by atoms with van der Waals surface area (Å²) in [5.41, 5.74) is 3.67. The Balaban J connectivity index is 1.58. The summed E-state index contributed by atoms with van der Waals surface area (Å²) in [7, 11) is 0. The largest absolute Gasteiger partial charge is 0.422 e. The van der Waals surface area contributed by atoms with E-state index in [9.17, 15) is 4.79 Å². The zero-order valence-corrected chi connectivity index (χ0v) is 15.1. The van der Waals surface area contributed by atoms with Gasteiger partial charge in [0, 0.05) is 29.5 Å². The van der Waals surface area contributed by atoms with Gasteiger partial charge in [-0.3, -0.25) is 4.40 Å². The molecule has 5 rings (SSSR count). The smallest absolute Gasteiger partial charge is 0.344 e. The lowest BCUT2D eigenvalue weighted by Gasteiger charge is -2.23. The fourth-order valence-corrected chi connectivity index (χ4v) is 3.88. The topological polar surface area (TPSA) is 72.4 Å². The van der Waals surface area contributed by atoms with Gasteiger partial charge in [-0.2, -0.15) is 0 Å². The number of rotatable bonds is 2. The molecule has 3 aromatic heterocycles. The molecule has 4 aromatic rings. The first-order chi connectivity index (χ1) is 13.2. The van der Waals surface area contributed by atoms with Crippen LogP contribution < -0.4 is 10.9 Å². The zero-order chi connectivity index (χ0) is 18.4. The molecule has 1 saturated heterocycles. The summed E-state index contributed by atoms with van der Waals surface area (Å²) in [5.74, 6) is 1.14. The number of fused-ring (bicyclic) bond motifs is 2. The van der Waals surface area contributed by atoms with Gasteiger partial charge < -0.3 is 9.73 Å². The molecule has 1 aliphatic rings. The Kier molecular flexibility index (Phi) is 3.79. The van der Waals surface area contributed by atoms with Crippen LogP contribution in [0.15, 0.2) is 52.1 Å². The number of nitrogens with one attached hydrogen (secondary N) is 1. The van der Waals surface area contributed by atoms with Crippen LogP contribution in [0.5, 0.6) is 0 Å². The van der Waals surface area contributed by atoms with E-state index in [1.807, 2.05) is 41.9 Å². The van der Waals surface area contributed by atoms with Gasteiger partial charge >= 0.3 is 5.63 Å². The molecular weight excluding hydrogens is 340 g/mol. The maximum atomic E-state index is 12.6. The van der Waals surface area contributed by atoms with E-state index in [0.29, 0.717) is 22.8 Å². The van der Waals surface area contributed by atoms with Gasteiger partial charge in [0.1, 0.15) is 5.58 Å². The number of imidazole rings is 1. The molecule has 0 saturated carbocycles. The summed E-state index contributed by atoms with van der Waals surface area (Å²) in [6, 6.07) is 8.12. The highest BCUT2D eigenvalue weighted by atomic mass is 16.4. The van der Waals surface area contributed by atoms with Gasteiger partial charge in [-0.1, -0.05) is 12.1 Å². The van der Waals surface area contributed by atoms with E-state index in [4.69, 9.17) is 4.42 Å². The van der Waals surface area contributed by atoms with Gasteiger partial charge in [-0.15, -0.1) is 0 Å². The van der Waals surface area contributed by atoms with Crippen LogP contribution in [0.3, 0.4) is 0 Å². The summed E-state index contributed by atoms with van der Waals surface area (Å²) in [4.78, 5) is 21.3. The van der Waals surface area contributed by atoms with Gasteiger partial charge in [0.15, 0.2) is 0 Å². The second-order valence-corrected chi connectivity index (χ2v) is 7.20. The number of benzene rings is 1. The van der Waals surface area contributed by atoms with E-state index >= 15 is 0 Å². The molecule has 6 heteroatoms. The van der Waals surface area contributed by atoms with E-state index in [1.54, 1.807) is 6.20 Å². The van der Waals surface area contributed by atoms with Crippen LogP contribution in [0.2, 0.25) is 0 Å². The van der Waals surface area contributed by atoms with Crippen molar-refractivity contribution in [1.82, 2.24) is 19.7 Å². The Morgan fingerprint density at radius 1 is 1.19 bits per heavy atom. The first-order valence-electron chi connectivity index (χ1n) is 9.28. The van der Waals surface area contributed by atoms with Crippen molar-refractivity contribution in [3.63, 3.8) is 0 Å². The third-order valence-electron chi connectivity index (χ3n) is 5.31. The monoisotopic (exact) mass is 360 g/mol. The summed E-state index contributed by atoms with van der Waals surface area (Å²) in [5, 5.41) is 4.31. The fourth-order valence-electron chi connectivity index (χ4n) is 3.88. The van der Waals surface area contributed by atoms with Gasteiger partial charge in [-0.05, 0) is 56.5 Å². The molecule has 1 N–H and O–H groups in total. The number of hydrogen-bond donors (Lipinski definition) is 1. The maximum absolute atomic E-state index is 12.6. The molecule has 0 atom stereocenters. The van der Waals surface area contributed by atoms with Gasteiger partial charge in [-0.25, -0.2) is 14.8 Å². The van der Waals surface area contributed by atoms with Crippen molar-refractivity contribution >= 4 is 16.7 Å². The highest BCUT2D eigenvalue weighted by Crippen LogP contribution is 2.29. The summed E-state index contributed by atoms with van der Waals surface area (Å²) in [6.45, 7) is 3.99. The molecule has 6 nitrogen and oxygen atoms in total. The minimum Gasteiger partial charge on any atom is -0.422 e. The molecule has 0 unspecified atom stereocenters. The minimum atomic E-state index is -0.344. The number of aromatic nitrogens is 3. The van der Waals surface area contributed by atoms with Gasteiger partial charge in [0.25, 0.3) is 0 Å². The predicted octanol–water partition coefficient (Wildman–Crippen LogP) is 3.28. The van der Waals surface area contributed by atoms with Crippen LogP contribution in [-0.4, -0.2) is 27.5 Å². The van der Waals surface area contributed by atoms with Crippen molar-refractivity contribution < 1.29 is 4.42 Å². The summed E-state index contributed by atoms with van der Waals surface area (Å²) < 4.78 is 7.50. The maximum Gasteiger partial charge on any atom is 0.344 e. The normalized spacial score (nSPS) is 15.6. The van der Waals surface area contributed by atoms with Gasteiger partial charge in [0.2, 0.25) is 5.78 Å². The van der Waals surface area contributed by atoms with Crippen LogP contribution in [0.1, 0.15) is 30.0 Å². The minimum absolute atomic E-state index is 0.344. The van der Waals surface area contributed by atoms with Crippen molar-refractivity contribution in [1.29, 1.82) is 0 Å². The number of aryl methyl sites for hydroxylation is 1. The molecule has 0 bridgehead atoms. The third-order valence-corrected chi connectivity index (χ3v) is 5.31. The molecule has 27 heavy (non-hydrogen) atoms. The Labute approximate surface area is 155 Å².